The number of hydrogen-bond acceptors (Lipinski definition) is 6. The maximum Gasteiger partial charge on any atom is 0.255 e. The van der Waals surface area contributed by atoms with E-state index >= 15 is 0 Å². The van der Waals surface area contributed by atoms with E-state index in [2.05, 4.69) is 30.4 Å². The molecule has 7 nitrogen and oxygen atoms in total. The van der Waals surface area contributed by atoms with Crippen molar-refractivity contribution in [2.24, 2.45) is 0 Å². The summed E-state index contributed by atoms with van der Waals surface area (Å²) in [5, 5.41) is 11.0. The highest BCUT2D eigenvalue weighted by molar-refractivity contribution is 5.56. The van der Waals surface area contributed by atoms with Crippen molar-refractivity contribution in [1.82, 2.24) is 20.2 Å². The van der Waals surface area contributed by atoms with E-state index in [1.165, 1.54) is 19.0 Å². The Morgan fingerprint density at radius 1 is 1.30 bits per heavy atom. The van der Waals surface area contributed by atoms with Gasteiger partial charge in [0.1, 0.15) is 0 Å². The standard InChI is InChI=1S/C13H16N6O/c1-9-7-14-13(17-12(9)20)16-11-6-10(8-15-18-11)19-4-2-3-5-19/h6-8H,2-5H2,1H3,(H2,14,16,17,18,20). The maximum absolute atomic E-state index is 11.5. The Morgan fingerprint density at radius 3 is 2.85 bits per heavy atom. The first kappa shape index (κ1) is 12.6. The highest BCUT2D eigenvalue weighted by Gasteiger charge is 2.13. The van der Waals surface area contributed by atoms with Crippen molar-refractivity contribution in [2.75, 3.05) is 23.3 Å². The number of rotatable bonds is 3. The molecule has 0 saturated carbocycles. The normalized spacial score (nSPS) is 14.6. The fraction of sp³-hybridized carbons (Fsp3) is 0.385. The van der Waals surface area contributed by atoms with Crippen LogP contribution in [0, 0.1) is 6.92 Å². The van der Waals surface area contributed by atoms with Crippen molar-refractivity contribution >= 4 is 17.5 Å². The number of anilines is 3. The van der Waals surface area contributed by atoms with Crippen LogP contribution in [-0.2, 0) is 0 Å². The Bertz CT molecular complexity index is 662. The molecular formula is C13H16N6O. The minimum Gasteiger partial charge on any atom is -0.370 e. The SMILES string of the molecule is Cc1cnc(Nc2cc(N3CCCC3)cnn2)[nH]c1=O. The van der Waals surface area contributed by atoms with Gasteiger partial charge in [0.05, 0.1) is 11.9 Å². The predicted molar refractivity (Wildman–Crippen MR) is 76.4 cm³/mol. The fourth-order valence-electron chi connectivity index (χ4n) is 2.21. The Labute approximate surface area is 116 Å². The molecule has 0 atom stereocenters. The van der Waals surface area contributed by atoms with Crippen LogP contribution in [0.3, 0.4) is 0 Å². The van der Waals surface area contributed by atoms with Gasteiger partial charge in [-0.25, -0.2) is 4.98 Å². The van der Waals surface area contributed by atoms with Crippen LogP contribution in [0.1, 0.15) is 18.4 Å². The lowest BCUT2D eigenvalue weighted by Gasteiger charge is -2.17. The molecule has 2 N–H and O–H groups in total. The molecule has 0 bridgehead atoms. The zero-order valence-electron chi connectivity index (χ0n) is 11.3. The molecule has 1 aliphatic rings. The summed E-state index contributed by atoms with van der Waals surface area (Å²) < 4.78 is 0. The molecule has 1 fully saturated rings. The average Bonchev–Trinajstić information content (AvgIpc) is 2.97. The molecule has 104 valence electrons. The molecule has 0 amide bonds. The van der Waals surface area contributed by atoms with Gasteiger partial charge < -0.3 is 10.2 Å². The van der Waals surface area contributed by atoms with Crippen LogP contribution in [-0.4, -0.2) is 33.3 Å². The van der Waals surface area contributed by atoms with E-state index in [0.717, 1.165) is 18.8 Å². The van der Waals surface area contributed by atoms with E-state index in [0.29, 0.717) is 17.3 Å². The van der Waals surface area contributed by atoms with Crippen LogP contribution in [0.5, 0.6) is 0 Å². The zero-order chi connectivity index (χ0) is 13.9. The Kier molecular flexibility index (Phi) is 3.32. The molecule has 0 radical (unpaired) electrons. The van der Waals surface area contributed by atoms with Crippen LogP contribution in [0.25, 0.3) is 0 Å². The molecule has 2 aromatic rings. The van der Waals surface area contributed by atoms with Gasteiger partial charge in [0.15, 0.2) is 5.82 Å². The van der Waals surface area contributed by atoms with Crippen molar-refractivity contribution in [1.29, 1.82) is 0 Å². The quantitative estimate of drug-likeness (QED) is 0.873. The lowest BCUT2D eigenvalue weighted by Crippen LogP contribution is -2.18. The highest BCUT2D eigenvalue weighted by Crippen LogP contribution is 2.21. The van der Waals surface area contributed by atoms with Gasteiger partial charge in [0.25, 0.3) is 5.56 Å². The second-order valence-corrected chi connectivity index (χ2v) is 4.86. The lowest BCUT2D eigenvalue weighted by atomic mass is 10.4. The number of hydrogen-bond donors (Lipinski definition) is 2. The summed E-state index contributed by atoms with van der Waals surface area (Å²) in [5.74, 6) is 0.940. The summed E-state index contributed by atoms with van der Waals surface area (Å²) in [5.41, 5.74) is 1.45. The third kappa shape index (κ3) is 2.61. The monoisotopic (exact) mass is 272 g/mol. The third-order valence-corrected chi connectivity index (χ3v) is 3.34. The molecule has 20 heavy (non-hydrogen) atoms. The maximum atomic E-state index is 11.5. The van der Waals surface area contributed by atoms with Crippen molar-refractivity contribution in [3.8, 4) is 0 Å². The Morgan fingerprint density at radius 2 is 2.10 bits per heavy atom. The van der Waals surface area contributed by atoms with Gasteiger partial charge in [-0.05, 0) is 19.8 Å². The van der Waals surface area contributed by atoms with E-state index in [-0.39, 0.29) is 5.56 Å². The predicted octanol–water partition coefficient (Wildman–Crippen LogP) is 1.21. The van der Waals surface area contributed by atoms with Crippen LogP contribution >= 0.6 is 0 Å². The van der Waals surface area contributed by atoms with Crippen molar-refractivity contribution in [3.05, 3.63) is 34.4 Å². The second kappa shape index (κ2) is 5.28. The first-order valence-corrected chi connectivity index (χ1v) is 6.63. The summed E-state index contributed by atoms with van der Waals surface area (Å²) in [6.07, 6.45) is 5.69. The Balaban J connectivity index is 1.81. The molecule has 2 aromatic heterocycles. The highest BCUT2D eigenvalue weighted by atomic mass is 16.1. The minimum absolute atomic E-state index is 0.161. The van der Waals surface area contributed by atoms with Crippen molar-refractivity contribution in [3.63, 3.8) is 0 Å². The van der Waals surface area contributed by atoms with E-state index in [1.807, 2.05) is 6.07 Å². The number of aromatic amines is 1. The van der Waals surface area contributed by atoms with E-state index in [4.69, 9.17) is 0 Å². The molecule has 0 spiro atoms. The van der Waals surface area contributed by atoms with Crippen LogP contribution < -0.4 is 15.8 Å². The molecule has 0 unspecified atom stereocenters. The number of aryl methyl sites for hydroxylation is 1. The van der Waals surface area contributed by atoms with Gasteiger partial charge in [-0.15, -0.1) is 5.10 Å². The first-order valence-electron chi connectivity index (χ1n) is 6.63. The molecular weight excluding hydrogens is 256 g/mol. The minimum atomic E-state index is -0.161. The van der Waals surface area contributed by atoms with Crippen LogP contribution in [0.2, 0.25) is 0 Å². The van der Waals surface area contributed by atoms with Gasteiger partial charge in [0, 0.05) is 30.9 Å². The van der Waals surface area contributed by atoms with Gasteiger partial charge in [-0.3, -0.25) is 9.78 Å². The fourth-order valence-corrected chi connectivity index (χ4v) is 2.21. The third-order valence-electron chi connectivity index (χ3n) is 3.34. The summed E-state index contributed by atoms with van der Waals surface area (Å²) in [4.78, 5) is 20.6. The topological polar surface area (TPSA) is 86.8 Å². The molecule has 0 aromatic carbocycles. The summed E-state index contributed by atoms with van der Waals surface area (Å²) >= 11 is 0. The van der Waals surface area contributed by atoms with E-state index in [9.17, 15) is 4.79 Å². The van der Waals surface area contributed by atoms with Gasteiger partial charge in [-0.1, -0.05) is 0 Å². The molecule has 0 aliphatic carbocycles. The lowest BCUT2D eigenvalue weighted by molar-refractivity contribution is 0.937. The average molecular weight is 272 g/mol. The number of nitrogens with zero attached hydrogens (tertiary/aromatic N) is 4. The number of H-pyrrole nitrogens is 1. The molecule has 1 aliphatic heterocycles. The molecule has 3 rings (SSSR count). The molecule has 1 saturated heterocycles. The number of aromatic nitrogens is 4. The summed E-state index contributed by atoms with van der Waals surface area (Å²) in [6.45, 7) is 3.80. The van der Waals surface area contributed by atoms with Crippen LogP contribution in [0.4, 0.5) is 17.5 Å². The smallest absolute Gasteiger partial charge is 0.255 e. The van der Waals surface area contributed by atoms with E-state index < -0.39 is 0 Å². The van der Waals surface area contributed by atoms with Gasteiger partial charge in [0.2, 0.25) is 5.95 Å². The first-order chi connectivity index (χ1) is 9.72. The van der Waals surface area contributed by atoms with Gasteiger partial charge in [-0.2, -0.15) is 5.10 Å². The number of nitrogens with one attached hydrogen (secondary N) is 2. The van der Waals surface area contributed by atoms with Crippen molar-refractivity contribution < 1.29 is 0 Å². The zero-order valence-corrected chi connectivity index (χ0v) is 11.3. The van der Waals surface area contributed by atoms with Crippen molar-refractivity contribution in [2.45, 2.75) is 19.8 Å². The molecule has 7 heteroatoms. The largest absolute Gasteiger partial charge is 0.370 e. The van der Waals surface area contributed by atoms with E-state index in [1.54, 1.807) is 13.1 Å². The molecule has 3 heterocycles. The summed E-state index contributed by atoms with van der Waals surface area (Å²) in [6, 6.07) is 1.91. The van der Waals surface area contributed by atoms with Gasteiger partial charge >= 0.3 is 0 Å². The Hall–Kier alpha value is -2.44. The second-order valence-electron chi connectivity index (χ2n) is 4.86. The summed E-state index contributed by atoms with van der Waals surface area (Å²) in [7, 11) is 0. The van der Waals surface area contributed by atoms with Crippen LogP contribution in [0.15, 0.2) is 23.3 Å².